The predicted octanol–water partition coefficient (Wildman–Crippen LogP) is 1.99. The summed E-state index contributed by atoms with van der Waals surface area (Å²) in [4.78, 5) is 0. The molecule has 20 heavy (non-hydrogen) atoms. The number of nitrogens with one attached hydrogen (secondary N) is 1. The van der Waals surface area contributed by atoms with Crippen molar-refractivity contribution in [2.24, 2.45) is 0 Å². The minimum Gasteiger partial charge on any atom is -0.396 e. The normalized spacial score (nSPS) is 22.9. The molecule has 1 aromatic rings. The van der Waals surface area contributed by atoms with Gasteiger partial charge >= 0.3 is 0 Å². The maximum Gasteiger partial charge on any atom is 0.152 e. The van der Waals surface area contributed by atoms with Crippen LogP contribution in [-0.4, -0.2) is 37.7 Å². The average Bonchev–Trinajstić information content (AvgIpc) is 2.85. The smallest absolute Gasteiger partial charge is 0.152 e. The van der Waals surface area contributed by atoms with E-state index in [2.05, 4.69) is 5.32 Å². The van der Waals surface area contributed by atoms with Gasteiger partial charge in [-0.05, 0) is 49.8 Å². The maximum atomic E-state index is 11.8. The molecule has 2 N–H and O–H groups in total. The van der Waals surface area contributed by atoms with E-state index in [4.69, 9.17) is 5.11 Å². The van der Waals surface area contributed by atoms with Crippen LogP contribution in [0.2, 0.25) is 0 Å². The van der Waals surface area contributed by atoms with Crippen molar-refractivity contribution in [2.45, 2.75) is 43.4 Å². The number of aryl methyl sites for hydroxylation is 1. The van der Waals surface area contributed by atoms with E-state index in [1.54, 1.807) is 0 Å². The summed E-state index contributed by atoms with van der Waals surface area (Å²) in [5, 5.41) is 12.0. The molecular weight excluding hydrogens is 274 g/mol. The van der Waals surface area contributed by atoms with E-state index in [0.29, 0.717) is 0 Å². The Morgan fingerprint density at radius 3 is 2.85 bits per heavy atom. The molecule has 5 heteroatoms. The molecule has 0 radical (unpaired) electrons. The van der Waals surface area contributed by atoms with Crippen molar-refractivity contribution in [3.63, 3.8) is 0 Å². The van der Waals surface area contributed by atoms with Gasteiger partial charge in [0.2, 0.25) is 0 Å². The molecular formula is C15H23NO3S. The first-order valence-corrected chi connectivity index (χ1v) is 9.11. The SMILES string of the molecule is CS(=O)(=O)C1CCCC1Nc1cccc(CCCO)c1. The fraction of sp³-hybridized carbons (Fsp3) is 0.600. The lowest BCUT2D eigenvalue weighted by molar-refractivity contribution is 0.288. The van der Waals surface area contributed by atoms with Crippen molar-refractivity contribution in [3.8, 4) is 0 Å². The zero-order valence-corrected chi connectivity index (χ0v) is 12.7. The van der Waals surface area contributed by atoms with E-state index >= 15 is 0 Å². The van der Waals surface area contributed by atoms with Crippen LogP contribution in [0.1, 0.15) is 31.2 Å². The highest BCUT2D eigenvalue weighted by Gasteiger charge is 2.34. The van der Waals surface area contributed by atoms with Crippen LogP contribution in [0, 0.1) is 0 Å². The molecule has 1 aromatic carbocycles. The summed E-state index contributed by atoms with van der Waals surface area (Å²) < 4.78 is 23.5. The number of aliphatic hydroxyl groups is 1. The summed E-state index contributed by atoms with van der Waals surface area (Å²) in [7, 11) is -2.99. The zero-order valence-electron chi connectivity index (χ0n) is 11.9. The van der Waals surface area contributed by atoms with Crippen LogP contribution in [0.4, 0.5) is 5.69 Å². The summed E-state index contributed by atoms with van der Waals surface area (Å²) in [5.41, 5.74) is 2.14. The van der Waals surface area contributed by atoms with Gasteiger partial charge in [-0.2, -0.15) is 0 Å². The molecule has 2 atom stereocenters. The highest BCUT2D eigenvalue weighted by atomic mass is 32.2. The molecule has 112 valence electrons. The molecule has 0 aromatic heterocycles. The van der Waals surface area contributed by atoms with Crippen molar-refractivity contribution < 1.29 is 13.5 Å². The second-order valence-corrected chi connectivity index (χ2v) is 7.84. The fourth-order valence-corrected chi connectivity index (χ4v) is 4.31. The third-order valence-electron chi connectivity index (χ3n) is 3.91. The van der Waals surface area contributed by atoms with E-state index in [1.807, 2.05) is 24.3 Å². The first kappa shape index (κ1) is 15.3. The Kier molecular flexibility index (Phi) is 5.05. The average molecular weight is 297 g/mol. The molecule has 1 fully saturated rings. The van der Waals surface area contributed by atoms with Crippen LogP contribution < -0.4 is 5.32 Å². The Labute approximate surface area is 121 Å². The molecule has 4 nitrogen and oxygen atoms in total. The second-order valence-electron chi connectivity index (χ2n) is 5.58. The number of hydrogen-bond acceptors (Lipinski definition) is 4. The van der Waals surface area contributed by atoms with Crippen molar-refractivity contribution in [1.29, 1.82) is 0 Å². The van der Waals surface area contributed by atoms with Gasteiger partial charge < -0.3 is 10.4 Å². The molecule has 2 unspecified atom stereocenters. The van der Waals surface area contributed by atoms with E-state index in [-0.39, 0.29) is 17.9 Å². The van der Waals surface area contributed by atoms with Gasteiger partial charge in [-0.1, -0.05) is 12.1 Å². The van der Waals surface area contributed by atoms with E-state index in [1.165, 1.54) is 6.26 Å². The van der Waals surface area contributed by atoms with Gasteiger partial charge in [-0.15, -0.1) is 0 Å². The highest BCUT2D eigenvalue weighted by molar-refractivity contribution is 7.91. The summed E-state index contributed by atoms with van der Waals surface area (Å²) in [6.45, 7) is 0.191. The molecule has 1 saturated carbocycles. The molecule has 1 aliphatic rings. The summed E-state index contributed by atoms with van der Waals surface area (Å²) in [5.74, 6) is 0. The van der Waals surface area contributed by atoms with Crippen LogP contribution >= 0.6 is 0 Å². The molecule has 0 heterocycles. The zero-order chi connectivity index (χ0) is 14.6. The molecule has 0 amide bonds. The van der Waals surface area contributed by atoms with Gasteiger partial charge in [0.1, 0.15) is 0 Å². The van der Waals surface area contributed by atoms with Crippen LogP contribution in [0.3, 0.4) is 0 Å². The highest BCUT2D eigenvalue weighted by Crippen LogP contribution is 2.28. The Hall–Kier alpha value is -1.07. The lowest BCUT2D eigenvalue weighted by atomic mass is 10.1. The first-order chi connectivity index (χ1) is 9.50. The summed E-state index contributed by atoms with van der Waals surface area (Å²) in [6.07, 6.45) is 5.53. The number of anilines is 1. The lowest BCUT2D eigenvalue weighted by Crippen LogP contribution is -2.34. The van der Waals surface area contributed by atoms with Crippen LogP contribution in [0.5, 0.6) is 0 Å². The summed E-state index contributed by atoms with van der Waals surface area (Å²) in [6, 6.07) is 8.04. The van der Waals surface area contributed by atoms with E-state index < -0.39 is 9.84 Å². The van der Waals surface area contributed by atoms with Crippen LogP contribution in [0.25, 0.3) is 0 Å². The Morgan fingerprint density at radius 1 is 1.35 bits per heavy atom. The molecule has 2 rings (SSSR count). The minimum absolute atomic E-state index is 0.0121. The van der Waals surface area contributed by atoms with Gasteiger partial charge in [-0.25, -0.2) is 8.42 Å². The first-order valence-electron chi connectivity index (χ1n) is 7.16. The Balaban J connectivity index is 2.06. The van der Waals surface area contributed by atoms with E-state index in [9.17, 15) is 8.42 Å². The van der Waals surface area contributed by atoms with Crippen molar-refractivity contribution in [1.82, 2.24) is 0 Å². The molecule has 1 aliphatic carbocycles. The number of hydrogen-bond donors (Lipinski definition) is 2. The number of rotatable bonds is 6. The third-order valence-corrected chi connectivity index (χ3v) is 5.57. The Bertz CT molecular complexity index is 542. The monoisotopic (exact) mass is 297 g/mol. The van der Waals surface area contributed by atoms with Crippen LogP contribution in [-0.2, 0) is 16.3 Å². The largest absolute Gasteiger partial charge is 0.396 e. The van der Waals surface area contributed by atoms with Crippen molar-refractivity contribution >= 4 is 15.5 Å². The minimum atomic E-state index is -2.99. The van der Waals surface area contributed by atoms with Gasteiger partial charge in [0.15, 0.2) is 9.84 Å². The van der Waals surface area contributed by atoms with E-state index in [0.717, 1.165) is 43.4 Å². The Morgan fingerprint density at radius 2 is 2.15 bits per heavy atom. The third kappa shape index (κ3) is 3.96. The lowest BCUT2D eigenvalue weighted by Gasteiger charge is -2.21. The predicted molar refractivity (Wildman–Crippen MR) is 81.7 cm³/mol. The van der Waals surface area contributed by atoms with Gasteiger partial charge in [0.05, 0.1) is 5.25 Å². The number of aliphatic hydroxyl groups excluding tert-OH is 1. The fourth-order valence-electron chi connectivity index (χ4n) is 2.92. The standard InChI is InChI=1S/C15H23NO3S/c1-20(18,19)15-9-3-8-14(15)16-13-7-2-5-12(11-13)6-4-10-17/h2,5,7,11,14-17H,3-4,6,8-10H2,1H3. The van der Waals surface area contributed by atoms with Crippen molar-refractivity contribution in [3.05, 3.63) is 29.8 Å². The number of sulfone groups is 1. The molecule has 0 bridgehead atoms. The molecule has 0 saturated heterocycles. The number of benzene rings is 1. The topological polar surface area (TPSA) is 66.4 Å². The van der Waals surface area contributed by atoms with Gasteiger partial charge in [0, 0.05) is 24.6 Å². The van der Waals surface area contributed by atoms with Gasteiger partial charge in [0.25, 0.3) is 0 Å². The maximum absolute atomic E-state index is 11.8. The molecule has 0 spiro atoms. The summed E-state index contributed by atoms with van der Waals surface area (Å²) >= 11 is 0. The van der Waals surface area contributed by atoms with Gasteiger partial charge in [-0.3, -0.25) is 0 Å². The van der Waals surface area contributed by atoms with Crippen LogP contribution in [0.15, 0.2) is 24.3 Å². The second kappa shape index (κ2) is 6.59. The van der Waals surface area contributed by atoms with Crippen molar-refractivity contribution in [2.75, 3.05) is 18.2 Å². The quantitative estimate of drug-likeness (QED) is 0.842. The molecule has 0 aliphatic heterocycles.